The largest absolute Gasteiger partial charge is 2.00 e. The summed E-state index contributed by atoms with van der Waals surface area (Å²) in [6.45, 7) is 3.19. The Hall–Kier alpha value is -0.374. The molecule has 0 aromatic carbocycles. The summed E-state index contributed by atoms with van der Waals surface area (Å²) in [5, 5.41) is 20.5. The fraction of sp³-hybridized carbons (Fsp3) is 0.889. The number of aliphatic hydroxyl groups is 1. The molecule has 0 radical (unpaired) electrons. The number of carbonyl (C=O) groups excluding carboxylic acids is 1. The van der Waals surface area contributed by atoms with Gasteiger partial charge in [0.1, 0.15) is 0 Å². The number of nitrogens with zero attached hydrogens (tertiary/aromatic N) is 1. The van der Waals surface area contributed by atoms with Gasteiger partial charge in [0.15, 0.2) is 0 Å². The Morgan fingerprint density at radius 3 is 2.04 bits per heavy atom. The van der Waals surface area contributed by atoms with Crippen LogP contribution in [0.5, 0.6) is 0 Å². The average Bonchev–Trinajstić information content (AvgIpc) is 2.53. The topological polar surface area (TPSA) is 89.9 Å². The molecule has 146 valence electrons. The van der Waals surface area contributed by atoms with Crippen molar-refractivity contribution in [2.45, 2.75) is 71.1 Å². The van der Waals surface area contributed by atoms with Crippen LogP contribution in [0.4, 0.5) is 0 Å². The van der Waals surface area contributed by atoms with Gasteiger partial charge in [-0.05, 0) is 6.42 Å². The van der Waals surface area contributed by atoms with E-state index in [1.165, 1.54) is 44.9 Å². The van der Waals surface area contributed by atoms with Gasteiger partial charge in [-0.25, -0.2) is 0 Å². The minimum Gasteiger partial charge on any atom is -1.00 e. The zero-order valence-electron chi connectivity index (χ0n) is 18.0. The zero-order chi connectivity index (χ0) is 18.0. The van der Waals surface area contributed by atoms with E-state index in [-0.39, 0.29) is 45.0 Å². The van der Waals surface area contributed by atoms with Crippen LogP contribution < -0.4 is 5.32 Å². The van der Waals surface area contributed by atoms with Crippen molar-refractivity contribution >= 4 is 34.9 Å². The molecule has 1 amide bonds. The first-order chi connectivity index (χ1) is 11.6. The summed E-state index contributed by atoms with van der Waals surface area (Å²) in [5.74, 6) is -0.901. The molecule has 7 heteroatoms. The molecule has 25 heavy (non-hydrogen) atoms. The SMILES string of the molecule is CCCCCCCCCCCC(=O)NCCN(CCO)CC(=O)O.[H-].[H-].[Mg+2]. The van der Waals surface area contributed by atoms with Crippen molar-refractivity contribution in [1.29, 1.82) is 0 Å². The van der Waals surface area contributed by atoms with Gasteiger partial charge in [-0.3, -0.25) is 14.5 Å². The number of carboxylic acids is 1. The van der Waals surface area contributed by atoms with Crippen molar-refractivity contribution in [2.75, 3.05) is 32.8 Å². The van der Waals surface area contributed by atoms with Gasteiger partial charge >= 0.3 is 29.0 Å². The third-order valence-electron chi connectivity index (χ3n) is 4.03. The summed E-state index contributed by atoms with van der Waals surface area (Å²) in [7, 11) is 0. The Labute approximate surface area is 171 Å². The van der Waals surface area contributed by atoms with E-state index < -0.39 is 5.97 Å². The van der Waals surface area contributed by atoms with Crippen molar-refractivity contribution in [3.63, 3.8) is 0 Å². The maximum Gasteiger partial charge on any atom is 2.00 e. The molecule has 0 saturated carbocycles. The minimum atomic E-state index is -0.926. The number of aliphatic hydroxyl groups excluding tert-OH is 1. The molecule has 0 atom stereocenters. The van der Waals surface area contributed by atoms with E-state index in [1.807, 2.05) is 0 Å². The summed E-state index contributed by atoms with van der Waals surface area (Å²) < 4.78 is 0. The number of hydrogen-bond acceptors (Lipinski definition) is 4. The summed E-state index contributed by atoms with van der Waals surface area (Å²) in [6.07, 6.45) is 11.6. The third kappa shape index (κ3) is 19.8. The molecule has 6 nitrogen and oxygen atoms in total. The summed E-state index contributed by atoms with van der Waals surface area (Å²) in [4.78, 5) is 24.0. The van der Waals surface area contributed by atoms with Gasteiger partial charge in [-0.1, -0.05) is 58.3 Å². The monoisotopic (exact) mass is 370 g/mol. The van der Waals surface area contributed by atoms with Crippen LogP contribution in [0.1, 0.15) is 74.0 Å². The van der Waals surface area contributed by atoms with Crippen LogP contribution in [-0.4, -0.2) is 82.8 Å². The fourth-order valence-corrected chi connectivity index (χ4v) is 2.64. The van der Waals surface area contributed by atoms with Crippen LogP contribution in [0.15, 0.2) is 0 Å². The smallest absolute Gasteiger partial charge is 1.00 e. The van der Waals surface area contributed by atoms with Crippen LogP contribution in [0.3, 0.4) is 0 Å². The maximum absolute atomic E-state index is 11.7. The number of amides is 1. The molecule has 0 unspecified atom stereocenters. The van der Waals surface area contributed by atoms with Crippen molar-refractivity contribution in [3.05, 3.63) is 0 Å². The van der Waals surface area contributed by atoms with Crippen LogP contribution in [0, 0.1) is 0 Å². The molecule has 0 saturated heterocycles. The molecule has 0 heterocycles. The second-order valence-corrected chi connectivity index (χ2v) is 6.32. The first-order valence-corrected chi connectivity index (χ1v) is 9.41. The number of hydrogen-bond donors (Lipinski definition) is 3. The summed E-state index contributed by atoms with van der Waals surface area (Å²) >= 11 is 0. The van der Waals surface area contributed by atoms with Gasteiger partial charge in [0, 0.05) is 26.1 Å². The Morgan fingerprint density at radius 2 is 1.52 bits per heavy atom. The van der Waals surface area contributed by atoms with Gasteiger partial charge in [0.05, 0.1) is 13.2 Å². The average molecular weight is 371 g/mol. The predicted octanol–water partition coefficient (Wildman–Crippen LogP) is 2.25. The molecular weight excluding hydrogens is 333 g/mol. The van der Waals surface area contributed by atoms with E-state index in [1.54, 1.807) is 4.90 Å². The standard InChI is InChI=1S/C18H36N2O4.Mg.2H/c1-2-3-4-5-6-7-8-9-10-11-17(22)19-12-13-20(14-15-21)16-18(23)24;;;/h21H,2-16H2,1H3,(H,19,22)(H,23,24);;;/q;+2;2*-1. The molecule has 0 aliphatic carbocycles. The van der Waals surface area contributed by atoms with Crippen LogP contribution in [-0.2, 0) is 9.59 Å². The Bertz CT molecular complexity index is 340. The fourth-order valence-electron chi connectivity index (χ4n) is 2.64. The van der Waals surface area contributed by atoms with E-state index in [0.29, 0.717) is 26.1 Å². The first kappa shape index (κ1) is 26.9. The van der Waals surface area contributed by atoms with E-state index in [9.17, 15) is 9.59 Å². The second kappa shape index (κ2) is 19.9. The zero-order valence-corrected chi connectivity index (χ0v) is 17.4. The van der Waals surface area contributed by atoms with E-state index in [4.69, 9.17) is 10.2 Å². The second-order valence-electron chi connectivity index (χ2n) is 6.32. The normalized spacial score (nSPS) is 10.5. The van der Waals surface area contributed by atoms with Gasteiger partial charge < -0.3 is 18.4 Å². The molecular formula is C18H38MgN2O4. The number of rotatable bonds is 17. The van der Waals surface area contributed by atoms with Gasteiger partial charge in [0.25, 0.3) is 0 Å². The van der Waals surface area contributed by atoms with Crippen LogP contribution in [0.25, 0.3) is 0 Å². The summed E-state index contributed by atoms with van der Waals surface area (Å²) in [6, 6.07) is 0. The number of carboxylic acid groups (broad SMARTS) is 1. The molecule has 0 bridgehead atoms. The van der Waals surface area contributed by atoms with E-state index >= 15 is 0 Å². The molecule has 0 spiro atoms. The van der Waals surface area contributed by atoms with Crippen LogP contribution >= 0.6 is 0 Å². The van der Waals surface area contributed by atoms with Crippen molar-refractivity contribution in [1.82, 2.24) is 10.2 Å². The third-order valence-corrected chi connectivity index (χ3v) is 4.03. The Balaban J connectivity index is -0.000000882. The van der Waals surface area contributed by atoms with Crippen molar-refractivity contribution in [3.8, 4) is 0 Å². The van der Waals surface area contributed by atoms with Crippen molar-refractivity contribution in [2.24, 2.45) is 0 Å². The predicted molar refractivity (Wildman–Crippen MR) is 104 cm³/mol. The maximum atomic E-state index is 11.7. The van der Waals surface area contributed by atoms with Crippen LogP contribution in [0.2, 0.25) is 0 Å². The summed E-state index contributed by atoms with van der Waals surface area (Å²) in [5.41, 5.74) is 0. The molecule has 0 aromatic heterocycles. The molecule has 0 aliphatic heterocycles. The van der Waals surface area contributed by atoms with Gasteiger partial charge in [-0.2, -0.15) is 0 Å². The molecule has 3 N–H and O–H groups in total. The van der Waals surface area contributed by atoms with Gasteiger partial charge in [-0.15, -0.1) is 0 Å². The van der Waals surface area contributed by atoms with E-state index in [2.05, 4.69) is 12.2 Å². The van der Waals surface area contributed by atoms with Gasteiger partial charge in [0.2, 0.25) is 5.91 Å². The Kier molecular flexibility index (Phi) is 21.4. The minimum absolute atomic E-state index is 0. The number of aliphatic carboxylic acids is 1. The molecule has 0 aliphatic rings. The van der Waals surface area contributed by atoms with Crippen molar-refractivity contribution < 1.29 is 22.7 Å². The first-order valence-electron chi connectivity index (χ1n) is 9.41. The molecule has 0 fully saturated rings. The number of unbranched alkanes of at least 4 members (excludes halogenated alkanes) is 8. The number of carbonyl (C=O) groups is 2. The Morgan fingerprint density at radius 1 is 0.960 bits per heavy atom. The number of nitrogens with one attached hydrogen (secondary N) is 1. The molecule has 0 aromatic rings. The quantitative estimate of drug-likeness (QED) is 0.270. The van der Waals surface area contributed by atoms with E-state index in [0.717, 1.165) is 12.8 Å². The molecule has 0 rings (SSSR count).